The van der Waals surface area contributed by atoms with E-state index in [9.17, 15) is 14.4 Å². The number of amides is 2. The van der Waals surface area contributed by atoms with Gasteiger partial charge in [0.05, 0.1) is 0 Å². The Labute approximate surface area is 188 Å². The van der Waals surface area contributed by atoms with Crippen LogP contribution in [0.4, 0.5) is 0 Å². The van der Waals surface area contributed by atoms with E-state index in [0.29, 0.717) is 31.7 Å². The van der Waals surface area contributed by atoms with Gasteiger partial charge in [0, 0.05) is 44.2 Å². The molecule has 1 aromatic heterocycles. The van der Waals surface area contributed by atoms with Crippen molar-refractivity contribution < 1.29 is 9.59 Å². The molecule has 2 aromatic rings. The summed E-state index contributed by atoms with van der Waals surface area (Å²) in [6, 6.07) is 9.41. The van der Waals surface area contributed by atoms with Gasteiger partial charge in [-0.2, -0.15) is 5.10 Å². The predicted octanol–water partition coefficient (Wildman–Crippen LogP) is 2.31. The van der Waals surface area contributed by atoms with Gasteiger partial charge >= 0.3 is 5.69 Å². The summed E-state index contributed by atoms with van der Waals surface area (Å²) in [5.41, 5.74) is 0.529. The molecule has 32 heavy (non-hydrogen) atoms. The van der Waals surface area contributed by atoms with E-state index in [1.54, 1.807) is 4.57 Å². The first-order valence-electron chi connectivity index (χ1n) is 11.9. The minimum atomic E-state index is -0.171. The zero-order valence-corrected chi connectivity index (χ0v) is 18.9. The molecule has 0 N–H and O–H groups in total. The number of aryl methyl sites for hydroxylation is 1. The van der Waals surface area contributed by atoms with Crippen molar-refractivity contribution >= 4 is 11.8 Å². The fourth-order valence-corrected chi connectivity index (χ4v) is 4.84. The summed E-state index contributed by atoms with van der Waals surface area (Å²) in [5.74, 6) is 0.786. The predicted molar refractivity (Wildman–Crippen MR) is 121 cm³/mol. The Morgan fingerprint density at radius 3 is 2.53 bits per heavy atom. The second-order valence-electron chi connectivity index (χ2n) is 8.80. The number of nitrogens with zero attached hydrogens (tertiary/aromatic N) is 5. The number of hydrogen-bond acceptors (Lipinski definition) is 4. The Balaban J connectivity index is 1.40. The van der Waals surface area contributed by atoms with Crippen molar-refractivity contribution in [2.75, 3.05) is 19.6 Å². The van der Waals surface area contributed by atoms with Crippen LogP contribution in [0.15, 0.2) is 35.1 Å². The Bertz CT molecular complexity index is 989. The van der Waals surface area contributed by atoms with Crippen LogP contribution in [0.25, 0.3) is 0 Å². The highest BCUT2D eigenvalue weighted by atomic mass is 16.2. The smallest absolute Gasteiger partial charge is 0.338 e. The molecule has 0 atom stereocenters. The van der Waals surface area contributed by atoms with Crippen LogP contribution in [0.1, 0.15) is 61.6 Å². The van der Waals surface area contributed by atoms with Gasteiger partial charge in [-0.25, -0.2) is 9.48 Å². The van der Waals surface area contributed by atoms with Crippen molar-refractivity contribution in [1.29, 1.82) is 0 Å². The average molecular weight is 440 g/mol. The number of fused-ring (bicyclic) bond motifs is 1. The molecule has 0 aliphatic carbocycles. The van der Waals surface area contributed by atoms with Gasteiger partial charge in [0.25, 0.3) is 5.91 Å². The van der Waals surface area contributed by atoms with E-state index in [1.807, 2.05) is 40.1 Å². The molecule has 2 aliphatic rings. The van der Waals surface area contributed by atoms with Crippen LogP contribution in [0.5, 0.6) is 0 Å². The molecule has 0 radical (unpaired) electrons. The maximum atomic E-state index is 13.2. The summed E-state index contributed by atoms with van der Waals surface area (Å²) in [6.07, 6.45) is 6.27. The standard InChI is InChI=1S/C24H33N5O3/c1-2-14-27(20-12-16-26(17-13-20)23(31)19-9-5-3-6-10-19)22(30)18-29-24(32)28-15-8-4-7-11-21(28)25-29/h3,5-6,9-10,20H,2,4,7-8,11-18H2,1H3. The van der Waals surface area contributed by atoms with Gasteiger partial charge in [-0.1, -0.05) is 31.5 Å². The van der Waals surface area contributed by atoms with Crippen LogP contribution in [0.2, 0.25) is 0 Å². The molecule has 8 heteroatoms. The third-order valence-corrected chi connectivity index (χ3v) is 6.56. The minimum Gasteiger partial charge on any atom is -0.338 e. The van der Waals surface area contributed by atoms with Gasteiger partial charge in [0.2, 0.25) is 5.91 Å². The Hall–Kier alpha value is -2.90. The van der Waals surface area contributed by atoms with E-state index in [0.717, 1.165) is 50.8 Å². The number of likely N-dealkylation sites (tertiary alicyclic amines) is 1. The van der Waals surface area contributed by atoms with E-state index in [-0.39, 0.29) is 30.1 Å². The maximum absolute atomic E-state index is 13.2. The molecule has 3 heterocycles. The first-order chi connectivity index (χ1) is 15.6. The van der Waals surface area contributed by atoms with Crippen molar-refractivity contribution in [2.24, 2.45) is 0 Å². The third kappa shape index (κ3) is 4.79. The fraction of sp³-hybridized carbons (Fsp3) is 0.583. The van der Waals surface area contributed by atoms with Crippen LogP contribution >= 0.6 is 0 Å². The highest BCUT2D eigenvalue weighted by Gasteiger charge is 2.30. The van der Waals surface area contributed by atoms with E-state index < -0.39 is 0 Å². The zero-order valence-electron chi connectivity index (χ0n) is 18.9. The highest BCUT2D eigenvalue weighted by Crippen LogP contribution is 2.20. The van der Waals surface area contributed by atoms with Gasteiger partial charge < -0.3 is 9.80 Å². The number of piperidine rings is 1. The number of rotatable bonds is 6. The molecule has 4 rings (SSSR count). The van der Waals surface area contributed by atoms with Gasteiger partial charge in [-0.15, -0.1) is 0 Å². The summed E-state index contributed by atoms with van der Waals surface area (Å²) < 4.78 is 3.08. The molecule has 1 saturated heterocycles. The third-order valence-electron chi connectivity index (χ3n) is 6.56. The Kier molecular flexibility index (Phi) is 7.07. The molecule has 1 aromatic carbocycles. The highest BCUT2D eigenvalue weighted by molar-refractivity contribution is 5.94. The molecule has 1 fully saturated rings. The summed E-state index contributed by atoms with van der Waals surface area (Å²) in [5, 5.41) is 4.47. The average Bonchev–Trinajstić information content (AvgIpc) is 2.98. The molecule has 0 saturated carbocycles. The van der Waals surface area contributed by atoms with E-state index in [2.05, 4.69) is 12.0 Å². The molecule has 172 valence electrons. The van der Waals surface area contributed by atoms with Crippen molar-refractivity contribution in [3.05, 3.63) is 52.2 Å². The van der Waals surface area contributed by atoms with Crippen LogP contribution in [-0.4, -0.2) is 61.6 Å². The van der Waals surface area contributed by atoms with Crippen LogP contribution in [0.3, 0.4) is 0 Å². The lowest BCUT2D eigenvalue weighted by Gasteiger charge is -2.38. The van der Waals surface area contributed by atoms with Crippen LogP contribution in [-0.2, 0) is 24.3 Å². The van der Waals surface area contributed by atoms with E-state index in [4.69, 9.17) is 0 Å². The van der Waals surface area contributed by atoms with Gasteiger partial charge in [-0.05, 0) is 44.2 Å². The zero-order chi connectivity index (χ0) is 22.5. The molecular formula is C24H33N5O3. The fourth-order valence-electron chi connectivity index (χ4n) is 4.84. The van der Waals surface area contributed by atoms with Crippen LogP contribution in [0, 0.1) is 0 Å². The van der Waals surface area contributed by atoms with Gasteiger partial charge in [0.15, 0.2) is 0 Å². The quantitative estimate of drug-likeness (QED) is 0.692. The minimum absolute atomic E-state index is 0.0119. The normalized spacial score (nSPS) is 17.0. The summed E-state index contributed by atoms with van der Waals surface area (Å²) in [4.78, 5) is 42.5. The number of hydrogen-bond donors (Lipinski definition) is 0. The molecule has 0 spiro atoms. The molecule has 8 nitrogen and oxygen atoms in total. The maximum Gasteiger partial charge on any atom is 0.346 e. The van der Waals surface area contributed by atoms with Crippen molar-refractivity contribution in [2.45, 2.75) is 71.0 Å². The molecule has 0 unspecified atom stereocenters. The second-order valence-corrected chi connectivity index (χ2v) is 8.80. The molecule has 2 aliphatic heterocycles. The Morgan fingerprint density at radius 2 is 1.81 bits per heavy atom. The lowest BCUT2D eigenvalue weighted by Crippen LogP contribution is -2.50. The monoisotopic (exact) mass is 439 g/mol. The van der Waals surface area contributed by atoms with Crippen molar-refractivity contribution in [3.8, 4) is 0 Å². The number of aromatic nitrogens is 3. The van der Waals surface area contributed by atoms with Crippen LogP contribution < -0.4 is 5.69 Å². The molecular weight excluding hydrogens is 406 g/mol. The molecule has 2 amide bonds. The number of benzene rings is 1. The van der Waals surface area contributed by atoms with Crippen molar-refractivity contribution in [1.82, 2.24) is 24.1 Å². The SMILES string of the molecule is CCCN(C(=O)Cn1nc2n(c1=O)CCCCC2)C1CCN(C(=O)c2ccccc2)CC1. The van der Waals surface area contributed by atoms with E-state index >= 15 is 0 Å². The second kappa shape index (κ2) is 10.1. The van der Waals surface area contributed by atoms with E-state index in [1.165, 1.54) is 4.68 Å². The summed E-state index contributed by atoms with van der Waals surface area (Å²) >= 11 is 0. The van der Waals surface area contributed by atoms with Gasteiger partial charge in [-0.3, -0.25) is 14.2 Å². The summed E-state index contributed by atoms with van der Waals surface area (Å²) in [7, 11) is 0. The summed E-state index contributed by atoms with van der Waals surface area (Å²) in [6.45, 7) is 4.64. The first-order valence-corrected chi connectivity index (χ1v) is 11.9. The Morgan fingerprint density at radius 1 is 1.06 bits per heavy atom. The number of carbonyl (C=O) groups is 2. The largest absolute Gasteiger partial charge is 0.346 e. The first kappa shape index (κ1) is 22.3. The topological polar surface area (TPSA) is 80.4 Å². The van der Waals surface area contributed by atoms with Crippen molar-refractivity contribution in [3.63, 3.8) is 0 Å². The lowest BCUT2D eigenvalue weighted by molar-refractivity contribution is -0.135. The molecule has 0 bridgehead atoms. The lowest BCUT2D eigenvalue weighted by atomic mass is 10.0. The van der Waals surface area contributed by atoms with Gasteiger partial charge in [0.1, 0.15) is 12.4 Å². The number of carbonyl (C=O) groups excluding carboxylic acids is 2.